The highest BCUT2D eigenvalue weighted by Crippen LogP contribution is 2.23. The lowest BCUT2D eigenvalue weighted by Gasteiger charge is -2.11. The summed E-state index contributed by atoms with van der Waals surface area (Å²) in [6.45, 7) is 3.93. The van der Waals surface area contributed by atoms with Crippen molar-refractivity contribution in [1.29, 1.82) is 0 Å². The van der Waals surface area contributed by atoms with Crippen LogP contribution in [0, 0.1) is 13.8 Å². The summed E-state index contributed by atoms with van der Waals surface area (Å²) in [6.07, 6.45) is 1.56. The highest BCUT2D eigenvalue weighted by atomic mass is 32.2. The third-order valence-electron chi connectivity index (χ3n) is 4.76. The van der Waals surface area contributed by atoms with E-state index in [0.29, 0.717) is 16.8 Å². The molecule has 0 fully saturated rings. The molecule has 1 heterocycles. The van der Waals surface area contributed by atoms with Crippen molar-refractivity contribution in [1.82, 2.24) is 4.98 Å². The number of carbonyl (C=O) groups excluding carboxylic acids is 1. The van der Waals surface area contributed by atoms with Gasteiger partial charge in [-0.15, -0.1) is 0 Å². The standard InChI is InChI=1S/C24H21N3O3S/c1-16-13-17(2)15-21(14-16)26-24(28)19-8-10-20(11-9-19)27-31(29,30)22-7-3-5-18-6-4-12-25-23(18)22/h3-15,27H,1-2H3,(H,26,28). The molecule has 6 nitrogen and oxygen atoms in total. The molecule has 0 radical (unpaired) electrons. The van der Waals surface area contributed by atoms with Crippen LogP contribution in [0.15, 0.2) is 83.9 Å². The normalized spacial score (nSPS) is 11.3. The quantitative estimate of drug-likeness (QED) is 0.470. The summed E-state index contributed by atoms with van der Waals surface area (Å²) in [5, 5.41) is 3.61. The predicted octanol–water partition coefficient (Wildman–Crippen LogP) is 4.90. The number of hydrogen-bond donors (Lipinski definition) is 2. The molecule has 1 aromatic heterocycles. The van der Waals surface area contributed by atoms with Crippen molar-refractivity contribution >= 4 is 38.2 Å². The number of rotatable bonds is 5. The number of benzene rings is 3. The van der Waals surface area contributed by atoms with Crippen molar-refractivity contribution in [3.63, 3.8) is 0 Å². The average Bonchev–Trinajstić information content (AvgIpc) is 2.73. The predicted molar refractivity (Wildman–Crippen MR) is 123 cm³/mol. The Balaban J connectivity index is 1.53. The monoisotopic (exact) mass is 431 g/mol. The zero-order valence-electron chi connectivity index (χ0n) is 17.1. The molecule has 0 atom stereocenters. The van der Waals surface area contributed by atoms with Crippen molar-refractivity contribution in [2.24, 2.45) is 0 Å². The van der Waals surface area contributed by atoms with E-state index >= 15 is 0 Å². The maximum Gasteiger partial charge on any atom is 0.264 e. The third kappa shape index (κ3) is 4.57. The second-order valence-electron chi connectivity index (χ2n) is 7.34. The van der Waals surface area contributed by atoms with Gasteiger partial charge in [-0.3, -0.25) is 14.5 Å². The number of fused-ring (bicyclic) bond motifs is 1. The highest BCUT2D eigenvalue weighted by molar-refractivity contribution is 7.93. The maximum absolute atomic E-state index is 12.9. The summed E-state index contributed by atoms with van der Waals surface area (Å²) < 4.78 is 28.4. The van der Waals surface area contributed by atoms with Gasteiger partial charge in [-0.1, -0.05) is 24.3 Å². The van der Waals surface area contributed by atoms with E-state index in [2.05, 4.69) is 15.0 Å². The molecule has 31 heavy (non-hydrogen) atoms. The summed E-state index contributed by atoms with van der Waals surface area (Å²) >= 11 is 0. The van der Waals surface area contributed by atoms with Crippen molar-refractivity contribution in [2.75, 3.05) is 10.0 Å². The van der Waals surface area contributed by atoms with Gasteiger partial charge in [0.05, 0.1) is 5.52 Å². The number of anilines is 2. The minimum absolute atomic E-state index is 0.0993. The molecular weight excluding hydrogens is 410 g/mol. The maximum atomic E-state index is 12.9. The number of para-hydroxylation sites is 1. The van der Waals surface area contributed by atoms with Crippen LogP contribution in [0.5, 0.6) is 0 Å². The molecule has 2 N–H and O–H groups in total. The Hall–Kier alpha value is -3.71. The van der Waals surface area contributed by atoms with Crippen LogP contribution in [0.3, 0.4) is 0 Å². The van der Waals surface area contributed by atoms with Crippen LogP contribution in [0.4, 0.5) is 11.4 Å². The Bertz CT molecular complexity index is 1360. The van der Waals surface area contributed by atoms with Crippen molar-refractivity contribution < 1.29 is 13.2 Å². The van der Waals surface area contributed by atoms with Crippen LogP contribution in [0.25, 0.3) is 10.9 Å². The first-order valence-electron chi connectivity index (χ1n) is 9.68. The van der Waals surface area contributed by atoms with E-state index in [1.807, 2.05) is 44.2 Å². The largest absolute Gasteiger partial charge is 0.322 e. The fraction of sp³-hybridized carbons (Fsp3) is 0.0833. The Morgan fingerprint density at radius 2 is 1.52 bits per heavy atom. The Labute approximate surface area is 181 Å². The number of carbonyl (C=O) groups is 1. The number of amides is 1. The molecule has 1 amide bonds. The van der Waals surface area contributed by atoms with E-state index in [1.165, 1.54) is 6.07 Å². The van der Waals surface area contributed by atoms with Crippen molar-refractivity contribution in [3.05, 3.63) is 95.7 Å². The number of nitrogens with zero attached hydrogens (tertiary/aromatic N) is 1. The van der Waals surface area contributed by atoms with Gasteiger partial charge in [0.1, 0.15) is 4.90 Å². The Morgan fingerprint density at radius 3 is 2.23 bits per heavy atom. The van der Waals surface area contributed by atoms with E-state index in [1.54, 1.807) is 42.6 Å². The molecule has 3 aromatic carbocycles. The number of pyridine rings is 1. The van der Waals surface area contributed by atoms with E-state index in [0.717, 1.165) is 22.2 Å². The summed E-state index contributed by atoms with van der Waals surface area (Å²) in [6, 6.07) is 20.7. The summed E-state index contributed by atoms with van der Waals surface area (Å²) in [5.41, 5.74) is 4.02. The van der Waals surface area contributed by atoms with Crippen LogP contribution < -0.4 is 10.0 Å². The molecule has 0 aliphatic heterocycles. The average molecular weight is 432 g/mol. The van der Waals surface area contributed by atoms with Gasteiger partial charge in [0.15, 0.2) is 0 Å². The van der Waals surface area contributed by atoms with Crippen LogP contribution in [0.2, 0.25) is 0 Å². The van der Waals surface area contributed by atoms with Gasteiger partial charge in [-0.05, 0) is 73.5 Å². The van der Waals surface area contributed by atoms with Gasteiger partial charge in [-0.25, -0.2) is 8.42 Å². The van der Waals surface area contributed by atoms with Crippen LogP contribution in [-0.2, 0) is 10.0 Å². The van der Waals surface area contributed by atoms with Gasteiger partial charge >= 0.3 is 0 Å². The molecule has 4 rings (SSSR count). The smallest absolute Gasteiger partial charge is 0.264 e. The number of aryl methyl sites for hydroxylation is 2. The Morgan fingerprint density at radius 1 is 0.839 bits per heavy atom. The third-order valence-corrected chi connectivity index (χ3v) is 6.18. The molecule has 0 aliphatic rings. The first-order chi connectivity index (χ1) is 14.8. The molecule has 0 aliphatic carbocycles. The van der Waals surface area contributed by atoms with Gasteiger partial charge in [-0.2, -0.15) is 0 Å². The SMILES string of the molecule is Cc1cc(C)cc(NC(=O)c2ccc(NS(=O)(=O)c3cccc4cccnc34)cc2)c1. The minimum Gasteiger partial charge on any atom is -0.322 e. The van der Waals surface area contributed by atoms with E-state index in [9.17, 15) is 13.2 Å². The molecule has 7 heteroatoms. The molecule has 156 valence electrons. The van der Waals surface area contributed by atoms with E-state index in [4.69, 9.17) is 0 Å². The van der Waals surface area contributed by atoms with E-state index < -0.39 is 10.0 Å². The zero-order valence-corrected chi connectivity index (χ0v) is 17.9. The van der Waals surface area contributed by atoms with Crippen LogP contribution >= 0.6 is 0 Å². The second kappa shape index (κ2) is 8.20. The van der Waals surface area contributed by atoms with Gasteiger partial charge in [0.25, 0.3) is 15.9 Å². The minimum atomic E-state index is -3.84. The van der Waals surface area contributed by atoms with Crippen LogP contribution in [0.1, 0.15) is 21.5 Å². The summed E-state index contributed by atoms with van der Waals surface area (Å²) in [7, 11) is -3.84. The lowest BCUT2D eigenvalue weighted by Crippen LogP contribution is -2.15. The molecule has 4 aromatic rings. The molecule has 0 unspecified atom stereocenters. The molecular formula is C24H21N3O3S. The molecule has 0 saturated heterocycles. The molecule has 0 bridgehead atoms. The zero-order chi connectivity index (χ0) is 22.0. The van der Waals surface area contributed by atoms with E-state index in [-0.39, 0.29) is 10.8 Å². The summed E-state index contributed by atoms with van der Waals surface area (Å²) in [5.74, 6) is -0.266. The number of sulfonamides is 1. The van der Waals surface area contributed by atoms with Crippen molar-refractivity contribution in [2.45, 2.75) is 18.7 Å². The molecule has 0 saturated carbocycles. The van der Waals surface area contributed by atoms with Gasteiger partial charge in [0, 0.05) is 28.5 Å². The molecule has 0 spiro atoms. The number of hydrogen-bond acceptors (Lipinski definition) is 4. The van der Waals surface area contributed by atoms with Crippen molar-refractivity contribution in [3.8, 4) is 0 Å². The number of aromatic nitrogens is 1. The van der Waals surface area contributed by atoms with Gasteiger partial charge in [0.2, 0.25) is 0 Å². The second-order valence-corrected chi connectivity index (χ2v) is 9.00. The lowest BCUT2D eigenvalue weighted by molar-refractivity contribution is 0.102. The Kier molecular flexibility index (Phi) is 5.44. The topological polar surface area (TPSA) is 88.2 Å². The first kappa shape index (κ1) is 20.6. The fourth-order valence-electron chi connectivity index (χ4n) is 3.44. The van der Waals surface area contributed by atoms with Crippen LogP contribution in [-0.4, -0.2) is 19.3 Å². The fourth-order valence-corrected chi connectivity index (χ4v) is 4.68. The highest BCUT2D eigenvalue weighted by Gasteiger charge is 2.18. The first-order valence-corrected chi connectivity index (χ1v) is 11.2. The number of nitrogens with one attached hydrogen (secondary N) is 2. The lowest BCUT2D eigenvalue weighted by atomic mass is 10.1. The summed E-state index contributed by atoms with van der Waals surface area (Å²) in [4.78, 5) is 16.8. The van der Waals surface area contributed by atoms with Gasteiger partial charge < -0.3 is 5.32 Å².